The van der Waals surface area contributed by atoms with Crippen LogP contribution < -0.4 is 15.5 Å². The molecule has 2 aromatic rings. The van der Waals surface area contributed by atoms with Crippen molar-refractivity contribution in [2.75, 3.05) is 17.9 Å². The molecule has 3 N–H and O–H groups in total. The van der Waals surface area contributed by atoms with Crippen molar-refractivity contribution in [1.82, 2.24) is 0 Å². The second kappa shape index (κ2) is 5.69. The van der Waals surface area contributed by atoms with Crippen molar-refractivity contribution in [3.05, 3.63) is 53.6 Å². The highest BCUT2D eigenvalue weighted by Crippen LogP contribution is 2.34. The molecule has 114 valence electrons. The van der Waals surface area contributed by atoms with Gasteiger partial charge in [-0.25, -0.2) is 0 Å². The van der Waals surface area contributed by atoms with Crippen molar-refractivity contribution >= 4 is 17.3 Å². The third kappa shape index (κ3) is 2.51. The van der Waals surface area contributed by atoms with Crippen LogP contribution in [0.4, 0.5) is 11.4 Å². The number of hydrogen-bond donors (Lipinski definition) is 2. The summed E-state index contributed by atoms with van der Waals surface area (Å²) in [6, 6.07) is 12.9. The predicted octanol–water partition coefficient (Wildman–Crippen LogP) is 2.41. The number of hydroxylamine groups is 1. The zero-order valence-corrected chi connectivity index (χ0v) is 12.3. The van der Waals surface area contributed by atoms with Gasteiger partial charge >= 0.3 is 0 Å². The Hall–Kier alpha value is -2.53. The van der Waals surface area contributed by atoms with Gasteiger partial charge in [-0.05, 0) is 36.1 Å². The monoisotopic (exact) mass is 298 g/mol. The molecule has 5 nitrogen and oxygen atoms in total. The predicted molar refractivity (Wildman–Crippen MR) is 84.0 cm³/mol. The number of methoxy groups -OCH3 is 1. The lowest BCUT2D eigenvalue weighted by atomic mass is 9.87. The molecule has 1 aliphatic heterocycles. The second-order valence-corrected chi connectivity index (χ2v) is 5.45. The first-order valence-electron chi connectivity index (χ1n) is 7.13. The van der Waals surface area contributed by atoms with E-state index in [1.54, 1.807) is 13.2 Å². The van der Waals surface area contributed by atoms with E-state index < -0.39 is 0 Å². The Morgan fingerprint density at radius 3 is 2.82 bits per heavy atom. The second-order valence-electron chi connectivity index (χ2n) is 5.45. The summed E-state index contributed by atoms with van der Waals surface area (Å²) in [5.74, 6) is -0.0315. The lowest BCUT2D eigenvalue weighted by molar-refractivity contribution is -0.128. The average molecular weight is 298 g/mol. The van der Waals surface area contributed by atoms with Gasteiger partial charge in [0.1, 0.15) is 5.75 Å². The van der Waals surface area contributed by atoms with Crippen LogP contribution in [0.1, 0.15) is 11.1 Å². The van der Waals surface area contributed by atoms with Crippen LogP contribution in [0, 0.1) is 5.92 Å². The minimum Gasteiger partial charge on any atom is -0.497 e. The lowest BCUT2D eigenvalue weighted by Crippen LogP contribution is -2.40. The Morgan fingerprint density at radius 1 is 1.32 bits per heavy atom. The number of benzene rings is 2. The maximum absolute atomic E-state index is 12.4. The highest BCUT2D eigenvalue weighted by atomic mass is 16.5. The number of fused-ring (bicyclic) bond motifs is 1. The van der Waals surface area contributed by atoms with E-state index in [2.05, 4.69) is 0 Å². The first kappa shape index (κ1) is 14.4. The van der Waals surface area contributed by atoms with Crippen molar-refractivity contribution in [3.8, 4) is 5.75 Å². The van der Waals surface area contributed by atoms with Crippen LogP contribution in [0.5, 0.6) is 5.75 Å². The number of amides is 1. The number of rotatable bonds is 3. The number of carbonyl (C=O) groups excluding carboxylic acids is 1. The number of nitrogens with two attached hydrogens (primary N) is 1. The minimum atomic E-state index is -0.324. The fourth-order valence-corrected chi connectivity index (χ4v) is 2.83. The van der Waals surface area contributed by atoms with E-state index in [0.717, 1.165) is 16.2 Å². The van der Waals surface area contributed by atoms with Gasteiger partial charge in [0.05, 0.1) is 12.8 Å². The number of anilines is 2. The van der Waals surface area contributed by atoms with Gasteiger partial charge in [0.25, 0.3) is 5.91 Å². The van der Waals surface area contributed by atoms with Crippen LogP contribution in [-0.2, 0) is 17.6 Å². The number of hydrogen-bond acceptors (Lipinski definition) is 4. The first-order valence-corrected chi connectivity index (χ1v) is 7.13. The van der Waals surface area contributed by atoms with Gasteiger partial charge in [0, 0.05) is 17.7 Å². The molecule has 0 fully saturated rings. The first-order chi connectivity index (χ1) is 10.6. The van der Waals surface area contributed by atoms with E-state index in [9.17, 15) is 10.0 Å². The molecular weight excluding hydrogens is 280 g/mol. The smallest absolute Gasteiger partial charge is 0.254 e. The summed E-state index contributed by atoms with van der Waals surface area (Å²) in [7, 11) is 1.55. The summed E-state index contributed by atoms with van der Waals surface area (Å²) in [5.41, 5.74) is 8.94. The van der Waals surface area contributed by atoms with Crippen molar-refractivity contribution in [3.63, 3.8) is 0 Å². The molecule has 1 heterocycles. The molecule has 0 spiro atoms. The number of nitrogens with zero attached hydrogens (tertiary/aromatic N) is 1. The molecule has 0 radical (unpaired) electrons. The largest absolute Gasteiger partial charge is 0.497 e. The molecule has 0 unspecified atom stereocenters. The van der Waals surface area contributed by atoms with Crippen molar-refractivity contribution in [2.45, 2.75) is 12.8 Å². The third-order valence-electron chi connectivity index (χ3n) is 4.07. The fraction of sp³-hybridized carbons (Fsp3) is 0.235. The standard InChI is InChI=1S/C17H18N2O3/c1-22-14-7-6-12-9-13(17(20)19(21)16(12)10-14)8-11-4-2-3-5-15(11)18/h2-7,10,13,21H,8-9,18H2,1H3/t13-/m0/s1. The fourth-order valence-electron chi connectivity index (χ4n) is 2.83. The van der Waals surface area contributed by atoms with Crippen molar-refractivity contribution in [1.29, 1.82) is 0 Å². The van der Waals surface area contributed by atoms with Gasteiger partial charge in [-0.15, -0.1) is 0 Å². The molecule has 22 heavy (non-hydrogen) atoms. The zero-order valence-electron chi connectivity index (χ0n) is 12.3. The zero-order chi connectivity index (χ0) is 15.7. The molecule has 0 saturated carbocycles. The maximum atomic E-state index is 12.4. The number of ether oxygens (including phenoxy) is 1. The number of carbonyl (C=O) groups is 1. The van der Waals surface area contributed by atoms with E-state index in [4.69, 9.17) is 10.5 Å². The summed E-state index contributed by atoms with van der Waals surface area (Å²) >= 11 is 0. The Kier molecular flexibility index (Phi) is 3.73. The van der Waals surface area contributed by atoms with E-state index in [-0.39, 0.29) is 11.8 Å². The van der Waals surface area contributed by atoms with Gasteiger partial charge in [-0.2, -0.15) is 5.06 Å². The Labute approximate surface area is 128 Å². The van der Waals surface area contributed by atoms with Crippen molar-refractivity contribution < 1.29 is 14.7 Å². The molecule has 0 aliphatic carbocycles. The summed E-state index contributed by atoms with van der Waals surface area (Å²) in [6.45, 7) is 0. The van der Waals surface area contributed by atoms with E-state index >= 15 is 0 Å². The molecule has 3 rings (SSSR count). The molecular formula is C17H18N2O3. The summed E-state index contributed by atoms with van der Waals surface area (Å²) < 4.78 is 5.14. The van der Waals surface area contributed by atoms with Gasteiger partial charge in [-0.1, -0.05) is 24.3 Å². The normalized spacial score (nSPS) is 17.3. The number of nitrogen functional groups attached to an aromatic ring is 1. The highest BCUT2D eigenvalue weighted by molar-refractivity contribution is 5.96. The highest BCUT2D eigenvalue weighted by Gasteiger charge is 2.32. The van der Waals surface area contributed by atoms with Crippen LogP contribution in [-0.4, -0.2) is 18.2 Å². The molecule has 0 saturated heterocycles. The minimum absolute atomic E-state index is 0.316. The molecule has 1 atom stereocenters. The van der Waals surface area contributed by atoms with Gasteiger partial charge in [0.2, 0.25) is 0 Å². The molecule has 1 aliphatic rings. The van der Waals surface area contributed by atoms with Crippen LogP contribution in [0.25, 0.3) is 0 Å². The summed E-state index contributed by atoms with van der Waals surface area (Å²) in [4.78, 5) is 12.4. The lowest BCUT2D eigenvalue weighted by Gasteiger charge is -2.30. The SMILES string of the molecule is COc1ccc2c(c1)N(O)C(=O)[C@@H](Cc1ccccc1N)C2. The average Bonchev–Trinajstić information content (AvgIpc) is 2.54. The van der Waals surface area contributed by atoms with Gasteiger partial charge < -0.3 is 10.5 Å². The molecule has 5 heteroatoms. The van der Waals surface area contributed by atoms with E-state index in [1.807, 2.05) is 36.4 Å². The Balaban J connectivity index is 1.89. The van der Waals surface area contributed by atoms with Crippen LogP contribution in [0.3, 0.4) is 0 Å². The Morgan fingerprint density at radius 2 is 2.09 bits per heavy atom. The quantitative estimate of drug-likeness (QED) is 0.674. The maximum Gasteiger partial charge on any atom is 0.254 e. The van der Waals surface area contributed by atoms with Gasteiger partial charge in [0.15, 0.2) is 0 Å². The van der Waals surface area contributed by atoms with Gasteiger partial charge in [-0.3, -0.25) is 10.0 Å². The van der Waals surface area contributed by atoms with Crippen LogP contribution in [0.15, 0.2) is 42.5 Å². The van der Waals surface area contributed by atoms with E-state index in [0.29, 0.717) is 30.0 Å². The molecule has 1 amide bonds. The summed E-state index contributed by atoms with van der Waals surface area (Å²) in [5, 5.41) is 10.9. The topological polar surface area (TPSA) is 75.8 Å². The third-order valence-corrected chi connectivity index (χ3v) is 4.07. The van der Waals surface area contributed by atoms with Crippen LogP contribution >= 0.6 is 0 Å². The molecule has 0 bridgehead atoms. The number of para-hydroxylation sites is 1. The van der Waals surface area contributed by atoms with E-state index in [1.165, 1.54) is 0 Å². The van der Waals surface area contributed by atoms with Crippen LogP contribution in [0.2, 0.25) is 0 Å². The molecule has 0 aromatic heterocycles. The van der Waals surface area contributed by atoms with Crippen molar-refractivity contribution in [2.24, 2.45) is 5.92 Å². The Bertz CT molecular complexity index is 715. The molecule has 2 aromatic carbocycles. The summed E-state index contributed by atoms with van der Waals surface area (Å²) in [6.07, 6.45) is 1.08.